The number of sulfone groups is 1. The summed E-state index contributed by atoms with van der Waals surface area (Å²) in [5.41, 5.74) is 0.819. The lowest BCUT2D eigenvalue weighted by Gasteiger charge is -2.26. The summed E-state index contributed by atoms with van der Waals surface area (Å²) >= 11 is 1.25. The number of thioether (sulfide) groups is 1. The van der Waals surface area contributed by atoms with Gasteiger partial charge in [0.25, 0.3) is 5.22 Å². The molecule has 1 unspecified atom stereocenters. The van der Waals surface area contributed by atoms with Crippen LogP contribution >= 0.6 is 11.8 Å². The van der Waals surface area contributed by atoms with Gasteiger partial charge in [-0.2, -0.15) is 0 Å². The van der Waals surface area contributed by atoms with Crippen molar-refractivity contribution < 1.29 is 17.6 Å². The maximum absolute atomic E-state index is 12.3. The van der Waals surface area contributed by atoms with Gasteiger partial charge in [0, 0.05) is 12.6 Å². The molecule has 21 heavy (non-hydrogen) atoms. The van der Waals surface area contributed by atoms with Crippen LogP contribution in [0.2, 0.25) is 0 Å². The van der Waals surface area contributed by atoms with E-state index in [9.17, 15) is 13.2 Å². The van der Waals surface area contributed by atoms with Gasteiger partial charge in [0.15, 0.2) is 9.84 Å². The lowest BCUT2D eigenvalue weighted by atomic mass is 10.2. The first-order valence-electron chi connectivity index (χ1n) is 6.89. The molecule has 1 aliphatic heterocycles. The summed E-state index contributed by atoms with van der Waals surface area (Å²) in [5.74, 6) is 1.14. The quantitative estimate of drug-likeness (QED) is 0.759. The Balaban J connectivity index is 1.94. The molecule has 0 spiro atoms. The Hall–Kier alpha value is -1.02. The predicted molar refractivity (Wildman–Crippen MR) is 81.1 cm³/mol. The van der Waals surface area contributed by atoms with E-state index >= 15 is 0 Å². The lowest BCUT2D eigenvalue weighted by Crippen LogP contribution is -2.41. The summed E-state index contributed by atoms with van der Waals surface area (Å²) in [6.07, 6.45) is 0.532. The molecular formula is C13H20N2O4S2. The van der Waals surface area contributed by atoms with E-state index in [1.807, 2.05) is 20.8 Å². The number of hydrogen-bond donors (Lipinski definition) is 0. The SMILES string of the molecule is CCN(C(=O)CSc1nc(C)c(C)o1)C1CCS(=O)(=O)C1. The number of aromatic nitrogens is 1. The van der Waals surface area contributed by atoms with Gasteiger partial charge in [0.2, 0.25) is 5.91 Å². The second kappa shape index (κ2) is 6.39. The fraction of sp³-hybridized carbons (Fsp3) is 0.692. The molecule has 1 aromatic heterocycles. The van der Waals surface area contributed by atoms with Crippen molar-refractivity contribution in [2.75, 3.05) is 23.8 Å². The van der Waals surface area contributed by atoms with Crippen LogP contribution in [-0.2, 0) is 14.6 Å². The highest BCUT2D eigenvalue weighted by molar-refractivity contribution is 7.99. The van der Waals surface area contributed by atoms with Crippen LogP contribution in [0, 0.1) is 13.8 Å². The number of hydrogen-bond acceptors (Lipinski definition) is 6. The molecule has 0 radical (unpaired) electrons. The number of amides is 1. The van der Waals surface area contributed by atoms with Crippen molar-refractivity contribution in [1.29, 1.82) is 0 Å². The minimum Gasteiger partial charge on any atom is -0.437 e. The smallest absolute Gasteiger partial charge is 0.256 e. The molecule has 1 aliphatic rings. The van der Waals surface area contributed by atoms with Gasteiger partial charge in [-0.15, -0.1) is 0 Å². The number of carbonyl (C=O) groups excluding carboxylic acids is 1. The van der Waals surface area contributed by atoms with Crippen LogP contribution in [0.4, 0.5) is 0 Å². The topological polar surface area (TPSA) is 80.5 Å². The van der Waals surface area contributed by atoms with E-state index in [0.717, 1.165) is 11.5 Å². The van der Waals surface area contributed by atoms with Crippen molar-refractivity contribution >= 4 is 27.5 Å². The highest BCUT2D eigenvalue weighted by atomic mass is 32.2. The largest absolute Gasteiger partial charge is 0.437 e. The fourth-order valence-electron chi connectivity index (χ4n) is 2.37. The van der Waals surface area contributed by atoms with Gasteiger partial charge in [-0.05, 0) is 27.2 Å². The summed E-state index contributed by atoms with van der Waals surface area (Å²) in [6, 6.07) is -0.193. The molecule has 8 heteroatoms. The molecule has 2 heterocycles. The third kappa shape index (κ3) is 4.00. The monoisotopic (exact) mass is 332 g/mol. The van der Waals surface area contributed by atoms with Crippen LogP contribution < -0.4 is 0 Å². The number of carbonyl (C=O) groups is 1. The predicted octanol–water partition coefficient (Wildman–Crippen LogP) is 1.42. The third-order valence-corrected chi connectivity index (χ3v) is 6.20. The third-order valence-electron chi connectivity index (χ3n) is 3.64. The van der Waals surface area contributed by atoms with Crippen molar-refractivity contribution in [3.05, 3.63) is 11.5 Å². The molecular weight excluding hydrogens is 312 g/mol. The van der Waals surface area contributed by atoms with Crippen LogP contribution in [0.25, 0.3) is 0 Å². The molecule has 0 bridgehead atoms. The van der Waals surface area contributed by atoms with Crippen LogP contribution in [0.3, 0.4) is 0 Å². The first kappa shape index (κ1) is 16.4. The van der Waals surface area contributed by atoms with Crippen molar-refractivity contribution in [1.82, 2.24) is 9.88 Å². The first-order valence-corrected chi connectivity index (χ1v) is 9.70. The maximum Gasteiger partial charge on any atom is 0.256 e. The molecule has 0 aromatic carbocycles. The van der Waals surface area contributed by atoms with E-state index in [1.54, 1.807) is 4.90 Å². The molecule has 118 valence electrons. The number of rotatable bonds is 5. The van der Waals surface area contributed by atoms with Crippen molar-refractivity contribution in [2.45, 2.75) is 38.5 Å². The van der Waals surface area contributed by atoms with E-state index < -0.39 is 9.84 Å². The Morgan fingerprint density at radius 1 is 1.48 bits per heavy atom. The van der Waals surface area contributed by atoms with Crippen LogP contribution in [0.1, 0.15) is 24.8 Å². The molecule has 0 saturated carbocycles. The molecule has 1 amide bonds. The standard InChI is InChI=1S/C13H20N2O4S2/c1-4-15(11-5-6-21(17,18)8-11)12(16)7-20-13-14-9(2)10(3)19-13/h11H,4-8H2,1-3H3. The van der Waals surface area contributed by atoms with E-state index in [2.05, 4.69) is 4.98 Å². The summed E-state index contributed by atoms with van der Waals surface area (Å²) in [5, 5.41) is 0.480. The summed E-state index contributed by atoms with van der Waals surface area (Å²) in [4.78, 5) is 18.1. The minimum atomic E-state index is -2.99. The number of aryl methyl sites for hydroxylation is 2. The molecule has 6 nitrogen and oxygen atoms in total. The highest BCUT2D eigenvalue weighted by Gasteiger charge is 2.33. The molecule has 1 atom stereocenters. The zero-order valence-corrected chi connectivity index (χ0v) is 14.1. The van der Waals surface area contributed by atoms with Crippen LogP contribution in [0.15, 0.2) is 9.64 Å². The van der Waals surface area contributed by atoms with Gasteiger partial charge in [-0.1, -0.05) is 11.8 Å². The van der Waals surface area contributed by atoms with E-state index in [1.165, 1.54) is 11.8 Å². The van der Waals surface area contributed by atoms with Gasteiger partial charge in [0.1, 0.15) is 5.76 Å². The van der Waals surface area contributed by atoms with Crippen molar-refractivity contribution in [3.8, 4) is 0 Å². The zero-order chi connectivity index (χ0) is 15.6. The van der Waals surface area contributed by atoms with Crippen LogP contribution in [0.5, 0.6) is 0 Å². The van der Waals surface area contributed by atoms with Gasteiger partial charge < -0.3 is 9.32 Å². The highest BCUT2D eigenvalue weighted by Crippen LogP contribution is 2.23. The Labute approximate surface area is 129 Å². The molecule has 2 rings (SSSR count). The van der Waals surface area contributed by atoms with Gasteiger partial charge in [-0.3, -0.25) is 4.79 Å². The van der Waals surface area contributed by atoms with E-state index in [4.69, 9.17) is 4.42 Å². The lowest BCUT2D eigenvalue weighted by molar-refractivity contribution is -0.129. The molecule has 1 saturated heterocycles. The van der Waals surface area contributed by atoms with E-state index in [0.29, 0.717) is 18.2 Å². The van der Waals surface area contributed by atoms with E-state index in [-0.39, 0.29) is 29.2 Å². The van der Waals surface area contributed by atoms with Gasteiger partial charge in [0.05, 0.1) is 23.0 Å². The molecule has 1 aromatic rings. The fourth-order valence-corrected chi connectivity index (χ4v) is 4.90. The maximum atomic E-state index is 12.3. The normalized spacial score (nSPS) is 20.6. The minimum absolute atomic E-state index is 0.0712. The second-order valence-electron chi connectivity index (χ2n) is 5.15. The van der Waals surface area contributed by atoms with Crippen LogP contribution in [-0.4, -0.2) is 54.1 Å². The van der Waals surface area contributed by atoms with Crippen molar-refractivity contribution in [3.63, 3.8) is 0 Å². The Morgan fingerprint density at radius 3 is 2.67 bits per heavy atom. The average molecular weight is 332 g/mol. The second-order valence-corrected chi connectivity index (χ2v) is 8.30. The van der Waals surface area contributed by atoms with Crippen molar-refractivity contribution in [2.24, 2.45) is 0 Å². The summed E-state index contributed by atoms with van der Waals surface area (Å²) in [6.45, 7) is 6.07. The average Bonchev–Trinajstić information content (AvgIpc) is 2.91. The first-order chi connectivity index (χ1) is 9.82. The summed E-state index contributed by atoms with van der Waals surface area (Å²) in [7, 11) is -2.99. The zero-order valence-electron chi connectivity index (χ0n) is 12.5. The van der Waals surface area contributed by atoms with Gasteiger partial charge >= 0.3 is 0 Å². The molecule has 1 fully saturated rings. The molecule has 0 N–H and O–H groups in total. The Kier molecular flexibility index (Phi) is 4.98. The molecule has 0 aliphatic carbocycles. The Morgan fingerprint density at radius 2 is 2.19 bits per heavy atom. The number of nitrogens with zero attached hydrogens (tertiary/aromatic N) is 2. The van der Waals surface area contributed by atoms with Gasteiger partial charge in [-0.25, -0.2) is 13.4 Å². The summed E-state index contributed by atoms with van der Waals surface area (Å²) < 4.78 is 28.5. The number of oxazole rings is 1. The Bertz CT molecular complexity index is 605.